The van der Waals surface area contributed by atoms with Gasteiger partial charge in [-0.05, 0) is 18.4 Å². The molecule has 1 aromatic rings. The number of rotatable bonds is 2. The Hall–Kier alpha value is -0.610. The molecule has 20 heavy (non-hydrogen) atoms. The Morgan fingerprint density at radius 3 is 2.20 bits per heavy atom. The van der Waals surface area contributed by atoms with Crippen LogP contribution in [-0.2, 0) is 16.0 Å². The number of piperidine rings is 1. The van der Waals surface area contributed by atoms with Crippen molar-refractivity contribution in [1.29, 1.82) is 0 Å². The van der Waals surface area contributed by atoms with Crippen LogP contribution in [0.3, 0.4) is 0 Å². The van der Waals surface area contributed by atoms with Crippen LogP contribution < -0.4 is 0 Å². The first-order chi connectivity index (χ1) is 9.37. The third kappa shape index (κ3) is 2.27. The fourth-order valence-electron chi connectivity index (χ4n) is 4.16. The molecule has 4 heteroatoms. The maximum absolute atomic E-state index is 6.02. The number of nitrogens with zero attached hydrogens (tertiary/aromatic N) is 1. The topological polar surface area (TPSA) is 21.7 Å². The lowest BCUT2D eigenvalue weighted by Crippen LogP contribution is -2.54. The molecule has 2 atom stereocenters. The standard InChI is InChI=1S/C16H21NO2.ClH/c1-2-4-13(5-3-1)10-17-11-14-6-7-15(12-17)16(14)18-8-9-19-16;/h1-5,14-15H,6-12H2;1H. The number of hydrogen-bond acceptors (Lipinski definition) is 3. The SMILES string of the molecule is Cl.c1ccc(CN2CC3CCC(C2)C32OCCO2)cc1. The van der Waals surface area contributed by atoms with E-state index in [9.17, 15) is 0 Å². The van der Waals surface area contributed by atoms with Crippen molar-refractivity contribution in [3.05, 3.63) is 35.9 Å². The van der Waals surface area contributed by atoms with Crippen molar-refractivity contribution in [1.82, 2.24) is 4.90 Å². The fraction of sp³-hybridized carbons (Fsp3) is 0.625. The minimum absolute atomic E-state index is 0. The zero-order valence-electron chi connectivity index (χ0n) is 11.7. The van der Waals surface area contributed by atoms with E-state index in [1.165, 1.54) is 18.4 Å². The summed E-state index contributed by atoms with van der Waals surface area (Å²) in [5.41, 5.74) is 1.41. The van der Waals surface area contributed by atoms with Crippen LogP contribution in [0.2, 0.25) is 0 Å². The van der Waals surface area contributed by atoms with Crippen LogP contribution >= 0.6 is 12.4 Å². The number of benzene rings is 1. The van der Waals surface area contributed by atoms with Gasteiger partial charge in [-0.1, -0.05) is 30.3 Å². The maximum Gasteiger partial charge on any atom is 0.176 e. The highest BCUT2D eigenvalue weighted by atomic mass is 35.5. The van der Waals surface area contributed by atoms with E-state index < -0.39 is 0 Å². The monoisotopic (exact) mass is 295 g/mol. The van der Waals surface area contributed by atoms with E-state index >= 15 is 0 Å². The average molecular weight is 296 g/mol. The lowest BCUT2D eigenvalue weighted by Gasteiger charge is -2.43. The Kier molecular flexibility index (Phi) is 4.04. The van der Waals surface area contributed by atoms with Crippen LogP contribution in [0.15, 0.2) is 30.3 Å². The van der Waals surface area contributed by atoms with E-state index in [0.29, 0.717) is 11.8 Å². The lowest BCUT2D eigenvalue weighted by atomic mass is 9.90. The van der Waals surface area contributed by atoms with Gasteiger partial charge in [-0.2, -0.15) is 0 Å². The summed E-state index contributed by atoms with van der Waals surface area (Å²) in [6, 6.07) is 10.8. The van der Waals surface area contributed by atoms with Crippen molar-refractivity contribution in [3.8, 4) is 0 Å². The molecule has 2 heterocycles. The molecule has 1 saturated carbocycles. The van der Waals surface area contributed by atoms with Gasteiger partial charge in [0.2, 0.25) is 0 Å². The number of halogens is 1. The predicted molar refractivity (Wildman–Crippen MR) is 79.8 cm³/mol. The number of ether oxygens (including phenoxy) is 2. The van der Waals surface area contributed by atoms with Crippen molar-refractivity contribution >= 4 is 12.4 Å². The molecule has 1 aliphatic carbocycles. The Morgan fingerprint density at radius 2 is 1.60 bits per heavy atom. The lowest BCUT2D eigenvalue weighted by molar-refractivity contribution is -0.231. The van der Waals surface area contributed by atoms with Gasteiger partial charge < -0.3 is 9.47 Å². The summed E-state index contributed by atoms with van der Waals surface area (Å²) in [6.45, 7) is 4.86. The van der Waals surface area contributed by atoms with Crippen molar-refractivity contribution in [2.45, 2.75) is 25.2 Å². The highest BCUT2D eigenvalue weighted by Gasteiger charge is 2.57. The van der Waals surface area contributed by atoms with Crippen molar-refractivity contribution in [2.75, 3.05) is 26.3 Å². The number of likely N-dealkylation sites (tertiary alicyclic amines) is 1. The van der Waals surface area contributed by atoms with Crippen LogP contribution in [0.4, 0.5) is 0 Å². The average Bonchev–Trinajstić information content (AvgIpc) is 2.97. The van der Waals surface area contributed by atoms with Crippen LogP contribution in [-0.4, -0.2) is 37.0 Å². The summed E-state index contributed by atoms with van der Waals surface area (Å²) < 4.78 is 12.0. The van der Waals surface area contributed by atoms with E-state index in [4.69, 9.17) is 9.47 Å². The second-order valence-corrected chi connectivity index (χ2v) is 6.07. The molecule has 1 aromatic carbocycles. The van der Waals surface area contributed by atoms with E-state index in [1.54, 1.807) is 0 Å². The Labute approximate surface area is 126 Å². The minimum atomic E-state index is -0.215. The summed E-state index contributed by atoms with van der Waals surface area (Å²) in [5, 5.41) is 0. The summed E-state index contributed by atoms with van der Waals surface area (Å²) in [7, 11) is 0. The van der Waals surface area contributed by atoms with E-state index in [0.717, 1.165) is 32.8 Å². The molecule has 3 aliphatic rings. The van der Waals surface area contributed by atoms with Gasteiger partial charge in [0.05, 0.1) is 13.2 Å². The van der Waals surface area contributed by atoms with Crippen molar-refractivity contribution < 1.29 is 9.47 Å². The Morgan fingerprint density at radius 1 is 1.00 bits per heavy atom. The first kappa shape index (κ1) is 14.3. The zero-order valence-corrected chi connectivity index (χ0v) is 12.5. The van der Waals surface area contributed by atoms with Crippen LogP contribution in [0.1, 0.15) is 18.4 Å². The van der Waals surface area contributed by atoms with E-state index in [2.05, 4.69) is 35.2 Å². The zero-order chi connectivity index (χ0) is 12.7. The molecule has 0 aromatic heterocycles. The first-order valence-corrected chi connectivity index (χ1v) is 7.41. The summed E-state index contributed by atoms with van der Waals surface area (Å²) in [6.07, 6.45) is 2.52. The van der Waals surface area contributed by atoms with Gasteiger partial charge in [0.25, 0.3) is 0 Å². The molecule has 0 amide bonds. The second kappa shape index (κ2) is 5.64. The third-order valence-corrected chi connectivity index (χ3v) is 4.95. The quantitative estimate of drug-likeness (QED) is 0.837. The van der Waals surface area contributed by atoms with Gasteiger partial charge in [0.15, 0.2) is 5.79 Å². The van der Waals surface area contributed by atoms with Gasteiger partial charge >= 0.3 is 0 Å². The van der Waals surface area contributed by atoms with Gasteiger partial charge in [0, 0.05) is 31.5 Å². The molecule has 2 saturated heterocycles. The highest BCUT2D eigenvalue weighted by molar-refractivity contribution is 5.85. The molecule has 2 bridgehead atoms. The molecule has 110 valence electrons. The molecule has 3 fully saturated rings. The second-order valence-electron chi connectivity index (χ2n) is 6.07. The molecule has 4 rings (SSSR count). The molecular weight excluding hydrogens is 274 g/mol. The summed E-state index contributed by atoms with van der Waals surface area (Å²) in [5.74, 6) is 0.919. The maximum atomic E-state index is 6.02. The van der Waals surface area contributed by atoms with Crippen molar-refractivity contribution in [2.24, 2.45) is 11.8 Å². The Bertz CT molecular complexity index is 431. The smallest absolute Gasteiger partial charge is 0.176 e. The summed E-state index contributed by atoms with van der Waals surface area (Å²) in [4.78, 5) is 2.58. The van der Waals surface area contributed by atoms with Crippen LogP contribution in [0.5, 0.6) is 0 Å². The van der Waals surface area contributed by atoms with Crippen molar-refractivity contribution in [3.63, 3.8) is 0 Å². The van der Waals surface area contributed by atoms with Gasteiger partial charge in [-0.25, -0.2) is 0 Å². The minimum Gasteiger partial charge on any atom is -0.347 e. The molecule has 1 spiro atoms. The van der Waals surface area contributed by atoms with Gasteiger partial charge in [-0.15, -0.1) is 12.4 Å². The normalized spacial score (nSPS) is 31.4. The molecular formula is C16H22ClNO2. The van der Waals surface area contributed by atoms with Crippen LogP contribution in [0, 0.1) is 11.8 Å². The summed E-state index contributed by atoms with van der Waals surface area (Å²) >= 11 is 0. The molecule has 3 nitrogen and oxygen atoms in total. The highest BCUT2D eigenvalue weighted by Crippen LogP contribution is 2.50. The third-order valence-electron chi connectivity index (χ3n) is 4.95. The molecule has 2 aliphatic heterocycles. The largest absolute Gasteiger partial charge is 0.347 e. The van der Waals surface area contributed by atoms with Gasteiger partial charge in [-0.3, -0.25) is 4.90 Å². The predicted octanol–water partition coefficient (Wildman–Crippen LogP) is 2.69. The van der Waals surface area contributed by atoms with E-state index in [1.807, 2.05) is 0 Å². The first-order valence-electron chi connectivity index (χ1n) is 7.41. The Balaban J connectivity index is 0.00000121. The molecule has 0 radical (unpaired) electrons. The molecule has 2 unspecified atom stereocenters. The van der Waals surface area contributed by atoms with Gasteiger partial charge in [0.1, 0.15) is 0 Å². The van der Waals surface area contributed by atoms with Crippen LogP contribution in [0.25, 0.3) is 0 Å². The molecule has 0 N–H and O–H groups in total. The number of hydrogen-bond donors (Lipinski definition) is 0. The van der Waals surface area contributed by atoms with E-state index in [-0.39, 0.29) is 18.2 Å². The fourth-order valence-corrected chi connectivity index (χ4v) is 4.16.